The van der Waals surface area contributed by atoms with E-state index in [1.54, 1.807) is 12.1 Å². The molecule has 19 heavy (non-hydrogen) atoms. The van der Waals surface area contributed by atoms with Crippen LogP contribution in [0.25, 0.3) is 0 Å². The molecule has 0 fully saturated rings. The Morgan fingerprint density at radius 3 is 2.95 bits per heavy atom. The Morgan fingerprint density at radius 2 is 2.26 bits per heavy atom. The van der Waals surface area contributed by atoms with Gasteiger partial charge >= 0.3 is 0 Å². The molecule has 2 heterocycles. The lowest BCUT2D eigenvalue weighted by Gasteiger charge is -2.07. The van der Waals surface area contributed by atoms with E-state index in [4.69, 9.17) is 10.9 Å². The molecule has 2 aromatic rings. The second kappa shape index (κ2) is 5.53. The van der Waals surface area contributed by atoms with E-state index in [9.17, 15) is 4.79 Å². The van der Waals surface area contributed by atoms with Crippen LogP contribution in [0.4, 0.5) is 0 Å². The van der Waals surface area contributed by atoms with Gasteiger partial charge in [0, 0.05) is 18.0 Å². The summed E-state index contributed by atoms with van der Waals surface area (Å²) in [6.45, 7) is 1.82. The highest BCUT2D eigenvalue weighted by atomic mass is 32.2. The van der Waals surface area contributed by atoms with Crippen LogP contribution in [-0.4, -0.2) is 26.0 Å². The summed E-state index contributed by atoms with van der Waals surface area (Å²) in [6, 6.07) is 4.76. The van der Waals surface area contributed by atoms with Crippen LogP contribution in [0.2, 0.25) is 0 Å². The van der Waals surface area contributed by atoms with Gasteiger partial charge in [-0.3, -0.25) is 4.79 Å². The van der Waals surface area contributed by atoms with Crippen LogP contribution in [0, 0.1) is 6.92 Å². The Labute approximate surface area is 112 Å². The topological polar surface area (TPSA) is 117 Å². The molecule has 0 aromatic carbocycles. The third-order valence-electron chi connectivity index (χ3n) is 2.22. The first kappa shape index (κ1) is 13.1. The van der Waals surface area contributed by atoms with E-state index in [2.05, 4.69) is 20.1 Å². The first-order valence-electron chi connectivity index (χ1n) is 5.29. The van der Waals surface area contributed by atoms with Crippen molar-refractivity contribution in [3.8, 4) is 0 Å². The monoisotopic (exact) mass is 277 g/mol. The molecule has 8 heteroatoms. The molecule has 0 radical (unpaired) electrons. The van der Waals surface area contributed by atoms with Gasteiger partial charge in [-0.2, -0.15) is 0 Å². The maximum absolute atomic E-state index is 11.2. The van der Waals surface area contributed by atoms with Crippen molar-refractivity contribution in [1.29, 1.82) is 0 Å². The molecule has 2 rings (SSSR count). The highest BCUT2D eigenvalue weighted by Gasteiger charge is 2.11. The molecular weight excluding hydrogens is 266 g/mol. The van der Waals surface area contributed by atoms with Gasteiger partial charge in [-0.1, -0.05) is 5.16 Å². The summed E-state index contributed by atoms with van der Waals surface area (Å²) >= 11 is 1.14. The van der Waals surface area contributed by atoms with Crippen LogP contribution < -0.4 is 11.3 Å². The molecule has 0 atom stereocenters. The third-order valence-corrected chi connectivity index (χ3v) is 3.13. The third kappa shape index (κ3) is 3.10. The van der Waals surface area contributed by atoms with Gasteiger partial charge in [0.1, 0.15) is 5.03 Å². The lowest BCUT2D eigenvalue weighted by Crippen LogP contribution is -2.15. The number of nitrogens with two attached hydrogens (primary N) is 1. The molecule has 98 valence electrons. The molecule has 0 bridgehead atoms. The second-order valence-corrected chi connectivity index (χ2v) is 4.61. The Hall–Kier alpha value is -2.35. The number of amidine groups is 1. The molecule has 0 aliphatic carbocycles. The van der Waals surface area contributed by atoms with Gasteiger partial charge in [0.2, 0.25) is 0 Å². The van der Waals surface area contributed by atoms with Gasteiger partial charge in [-0.05, 0) is 30.8 Å². The fourth-order valence-electron chi connectivity index (χ4n) is 1.35. The van der Waals surface area contributed by atoms with Crippen molar-refractivity contribution in [3.05, 3.63) is 46.0 Å². The number of aromatic amines is 1. The molecule has 2 aromatic heterocycles. The number of hydrogen-bond acceptors (Lipinski definition) is 6. The van der Waals surface area contributed by atoms with E-state index in [0.717, 1.165) is 17.5 Å². The summed E-state index contributed by atoms with van der Waals surface area (Å²) in [5, 5.41) is 12.6. The van der Waals surface area contributed by atoms with Crippen LogP contribution >= 0.6 is 11.8 Å². The lowest BCUT2D eigenvalue weighted by molar-refractivity contribution is 0.318. The number of H-pyrrole nitrogens is 1. The summed E-state index contributed by atoms with van der Waals surface area (Å²) in [7, 11) is 0. The minimum Gasteiger partial charge on any atom is -0.409 e. The van der Waals surface area contributed by atoms with E-state index < -0.39 is 0 Å². The molecule has 4 N–H and O–H groups in total. The minimum atomic E-state index is -0.254. The number of oxime groups is 1. The number of pyridine rings is 1. The van der Waals surface area contributed by atoms with Crippen molar-refractivity contribution in [2.45, 2.75) is 17.1 Å². The predicted octanol–water partition coefficient (Wildman–Crippen LogP) is 0.719. The molecule has 0 aliphatic rings. The Balaban J connectivity index is 2.44. The summed E-state index contributed by atoms with van der Waals surface area (Å²) in [6.07, 6.45) is 1.40. The minimum absolute atomic E-state index is 0.0479. The van der Waals surface area contributed by atoms with E-state index in [0.29, 0.717) is 15.7 Å². The smallest absolute Gasteiger partial charge is 0.251 e. The molecule has 0 spiro atoms. The maximum Gasteiger partial charge on any atom is 0.251 e. The Morgan fingerprint density at radius 1 is 1.47 bits per heavy atom. The maximum atomic E-state index is 11.2. The molecular formula is C11H11N5O2S. The van der Waals surface area contributed by atoms with E-state index in [1.165, 1.54) is 12.3 Å². The summed E-state index contributed by atoms with van der Waals surface area (Å²) in [5.74, 6) is -0.0479. The van der Waals surface area contributed by atoms with Gasteiger partial charge in [0.25, 0.3) is 5.56 Å². The number of rotatable bonds is 3. The quantitative estimate of drug-likeness (QED) is 0.250. The highest BCUT2D eigenvalue weighted by molar-refractivity contribution is 7.99. The first-order valence-corrected chi connectivity index (χ1v) is 6.10. The molecule has 0 saturated heterocycles. The number of aryl methyl sites for hydroxylation is 1. The van der Waals surface area contributed by atoms with Crippen molar-refractivity contribution in [1.82, 2.24) is 15.0 Å². The predicted molar refractivity (Wildman–Crippen MR) is 70.5 cm³/mol. The van der Waals surface area contributed by atoms with Crippen LogP contribution in [-0.2, 0) is 0 Å². The van der Waals surface area contributed by atoms with Gasteiger partial charge in [-0.25, -0.2) is 9.97 Å². The molecule has 0 amide bonds. The molecule has 0 aliphatic heterocycles. The largest absolute Gasteiger partial charge is 0.409 e. The number of nitrogens with one attached hydrogen (secondary N) is 1. The van der Waals surface area contributed by atoms with Crippen molar-refractivity contribution >= 4 is 17.6 Å². The van der Waals surface area contributed by atoms with Crippen molar-refractivity contribution in [2.75, 3.05) is 0 Å². The Kier molecular flexibility index (Phi) is 3.81. The standard InChI is InChI=1S/C11H11N5O2S/c1-6-2-3-7(9(12)16-18)10(14-6)19-11-13-5-4-8(17)15-11/h2-5,18H,1H3,(H2,12,16)(H,13,15,17). The SMILES string of the molecule is Cc1ccc(C(N)=NO)c(Sc2nccc(=O)[nH]2)n1. The number of nitrogens with zero attached hydrogens (tertiary/aromatic N) is 3. The van der Waals surface area contributed by atoms with Crippen molar-refractivity contribution in [2.24, 2.45) is 10.9 Å². The zero-order valence-electron chi connectivity index (χ0n) is 9.99. The van der Waals surface area contributed by atoms with Crippen LogP contribution in [0.3, 0.4) is 0 Å². The molecule has 0 saturated carbocycles. The number of hydrogen-bond donors (Lipinski definition) is 3. The van der Waals surface area contributed by atoms with Crippen molar-refractivity contribution in [3.63, 3.8) is 0 Å². The second-order valence-electron chi connectivity index (χ2n) is 3.63. The zero-order valence-corrected chi connectivity index (χ0v) is 10.8. The summed E-state index contributed by atoms with van der Waals surface area (Å²) < 4.78 is 0. The van der Waals surface area contributed by atoms with Gasteiger partial charge in [0.15, 0.2) is 11.0 Å². The zero-order chi connectivity index (χ0) is 13.8. The van der Waals surface area contributed by atoms with Crippen molar-refractivity contribution < 1.29 is 5.21 Å². The van der Waals surface area contributed by atoms with E-state index in [1.807, 2.05) is 6.92 Å². The Bertz CT molecular complexity index is 683. The normalized spacial score (nSPS) is 11.5. The van der Waals surface area contributed by atoms with E-state index in [-0.39, 0.29) is 11.4 Å². The average molecular weight is 277 g/mol. The van der Waals surface area contributed by atoms with Gasteiger partial charge in [-0.15, -0.1) is 0 Å². The summed E-state index contributed by atoms with van der Waals surface area (Å²) in [5.41, 5.74) is 6.58. The first-order chi connectivity index (χ1) is 9.10. The highest BCUT2D eigenvalue weighted by Crippen LogP contribution is 2.25. The fraction of sp³-hybridized carbons (Fsp3) is 0.0909. The van der Waals surface area contributed by atoms with Gasteiger partial charge in [0.05, 0.1) is 5.56 Å². The van der Waals surface area contributed by atoms with E-state index >= 15 is 0 Å². The van der Waals surface area contributed by atoms with Crippen LogP contribution in [0.1, 0.15) is 11.3 Å². The van der Waals surface area contributed by atoms with Crippen LogP contribution in [0.5, 0.6) is 0 Å². The van der Waals surface area contributed by atoms with Crippen LogP contribution in [0.15, 0.2) is 44.5 Å². The molecule has 7 nitrogen and oxygen atoms in total. The summed E-state index contributed by atoms with van der Waals surface area (Å²) in [4.78, 5) is 22.1. The number of aromatic nitrogens is 3. The lowest BCUT2D eigenvalue weighted by atomic mass is 10.2. The van der Waals surface area contributed by atoms with Gasteiger partial charge < -0.3 is 15.9 Å². The molecule has 0 unspecified atom stereocenters. The average Bonchev–Trinajstić information content (AvgIpc) is 2.38. The fourth-order valence-corrected chi connectivity index (χ4v) is 2.28.